The number of benzene rings is 1. The Hall–Kier alpha value is -2.28. The summed E-state index contributed by atoms with van der Waals surface area (Å²) in [6.45, 7) is 0. The van der Waals surface area contributed by atoms with Crippen molar-refractivity contribution in [1.82, 2.24) is 20.6 Å². The highest BCUT2D eigenvalue weighted by Gasteiger charge is 2.14. The van der Waals surface area contributed by atoms with Crippen molar-refractivity contribution < 1.29 is 9.47 Å². The fourth-order valence-electron chi connectivity index (χ4n) is 1.78. The van der Waals surface area contributed by atoms with Crippen LogP contribution < -0.4 is 5.32 Å². The number of allylic oxidation sites excluding steroid dienone is 1. The molecule has 0 radical (unpaired) electrons. The molecule has 114 valence electrons. The molecular weight excluding hydrogens is 352 g/mol. The van der Waals surface area contributed by atoms with Crippen LogP contribution in [0.4, 0.5) is 5.69 Å². The standard InChI is InChI=1S/C13H13BrN6O2/c1-21-13(22-2)10-5-9(14)3-4-11(10)16-7-8(6-15)12-17-19-20-18-12/h3-5,7,13,16H,1-2H3,(H,17,18,19,20). The second-order valence-corrected chi connectivity index (χ2v) is 5.00. The number of ether oxygens (including phenoxy) is 2. The quantitative estimate of drug-likeness (QED) is 0.597. The summed E-state index contributed by atoms with van der Waals surface area (Å²) in [4.78, 5) is 0. The summed E-state index contributed by atoms with van der Waals surface area (Å²) in [5, 5.41) is 25.5. The fourth-order valence-corrected chi connectivity index (χ4v) is 2.16. The Morgan fingerprint density at radius 2 is 2.23 bits per heavy atom. The number of anilines is 1. The molecule has 0 aliphatic carbocycles. The highest BCUT2D eigenvalue weighted by atomic mass is 79.9. The van der Waals surface area contributed by atoms with Gasteiger partial charge in [-0.05, 0) is 23.4 Å². The second kappa shape index (κ2) is 7.65. The Morgan fingerprint density at radius 3 is 2.82 bits per heavy atom. The molecule has 0 aliphatic rings. The van der Waals surface area contributed by atoms with Crippen LogP contribution in [0.1, 0.15) is 17.7 Å². The molecule has 0 saturated heterocycles. The zero-order valence-electron chi connectivity index (χ0n) is 11.9. The van der Waals surface area contributed by atoms with Crippen LogP contribution in [0.3, 0.4) is 0 Å². The van der Waals surface area contributed by atoms with E-state index in [4.69, 9.17) is 14.7 Å². The molecule has 0 amide bonds. The number of aromatic amines is 1. The van der Waals surface area contributed by atoms with Gasteiger partial charge in [-0.25, -0.2) is 0 Å². The SMILES string of the molecule is COC(OC)c1cc(Br)ccc1NC=C(C#N)c1nn[nH]n1. The first-order valence-electron chi connectivity index (χ1n) is 6.15. The first-order valence-corrected chi connectivity index (χ1v) is 6.94. The van der Waals surface area contributed by atoms with Crippen LogP contribution in [0.2, 0.25) is 0 Å². The Bertz CT molecular complexity index is 691. The Kier molecular flexibility index (Phi) is 5.60. The average Bonchev–Trinajstić information content (AvgIpc) is 3.05. The predicted octanol–water partition coefficient (Wildman–Crippen LogP) is 2.23. The number of H-pyrrole nitrogens is 1. The summed E-state index contributed by atoms with van der Waals surface area (Å²) in [7, 11) is 3.10. The number of halogens is 1. The van der Waals surface area contributed by atoms with Crippen molar-refractivity contribution >= 4 is 27.2 Å². The van der Waals surface area contributed by atoms with Crippen molar-refractivity contribution in [2.75, 3.05) is 19.5 Å². The van der Waals surface area contributed by atoms with Crippen LogP contribution in [-0.2, 0) is 9.47 Å². The lowest BCUT2D eigenvalue weighted by atomic mass is 10.1. The van der Waals surface area contributed by atoms with E-state index in [0.29, 0.717) is 0 Å². The molecule has 22 heavy (non-hydrogen) atoms. The summed E-state index contributed by atoms with van der Waals surface area (Å²) in [5.41, 5.74) is 1.75. The molecule has 1 heterocycles. The van der Waals surface area contributed by atoms with Gasteiger partial charge in [-0.1, -0.05) is 15.9 Å². The molecule has 1 aromatic carbocycles. The molecule has 0 fully saturated rings. The summed E-state index contributed by atoms with van der Waals surface area (Å²) in [6.07, 6.45) is 0.962. The molecule has 1 aromatic heterocycles. The van der Waals surface area contributed by atoms with Gasteiger partial charge in [-0.3, -0.25) is 0 Å². The number of rotatable bonds is 6. The molecule has 9 heteroatoms. The van der Waals surface area contributed by atoms with E-state index in [1.807, 2.05) is 24.3 Å². The molecular formula is C13H13BrN6O2. The van der Waals surface area contributed by atoms with Crippen molar-refractivity contribution in [3.05, 3.63) is 40.3 Å². The molecule has 0 atom stereocenters. The van der Waals surface area contributed by atoms with E-state index < -0.39 is 6.29 Å². The van der Waals surface area contributed by atoms with E-state index in [1.165, 1.54) is 6.20 Å². The topological polar surface area (TPSA) is 109 Å². The number of hydrogen-bond donors (Lipinski definition) is 2. The minimum Gasteiger partial charge on any atom is -0.360 e. The summed E-state index contributed by atoms with van der Waals surface area (Å²) in [5.74, 6) is 0.212. The van der Waals surface area contributed by atoms with E-state index in [-0.39, 0.29) is 11.4 Å². The van der Waals surface area contributed by atoms with Crippen LogP contribution in [0.15, 0.2) is 28.9 Å². The maximum absolute atomic E-state index is 9.15. The summed E-state index contributed by atoms with van der Waals surface area (Å²) >= 11 is 3.41. The highest BCUT2D eigenvalue weighted by molar-refractivity contribution is 9.10. The van der Waals surface area contributed by atoms with Crippen LogP contribution >= 0.6 is 15.9 Å². The lowest BCUT2D eigenvalue weighted by Crippen LogP contribution is -2.07. The van der Waals surface area contributed by atoms with Crippen LogP contribution in [0.25, 0.3) is 5.57 Å². The highest BCUT2D eigenvalue weighted by Crippen LogP contribution is 2.29. The van der Waals surface area contributed by atoms with Crippen molar-refractivity contribution in [2.24, 2.45) is 0 Å². The zero-order chi connectivity index (χ0) is 15.9. The van der Waals surface area contributed by atoms with E-state index in [1.54, 1.807) is 14.2 Å². The van der Waals surface area contributed by atoms with Crippen LogP contribution in [0, 0.1) is 11.3 Å². The Labute approximate surface area is 135 Å². The molecule has 2 aromatic rings. The molecule has 2 rings (SSSR count). The normalized spacial score (nSPS) is 11.5. The molecule has 0 spiro atoms. The van der Waals surface area contributed by atoms with E-state index in [0.717, 1.165) is 15.7 Å². The number of hydrogen-bond acceptors (Lipinski definition) is 7. The van der Waals surface area contributed by atoms with E-state index >= 15 is 0 Å². The van der Waals surface area contributed by atoms with Gasteiger partial charge in [0.2, 0.25) is 5.82 Å². The first-order chi connectivity index (χ1) is 10.7. The largest absolute Gasteiger partial charge is 0.360 e. The maximum Gasteiger partial charge on any atom is 0.216 e. The van der Waals surface area contributed by atoms with Gasteiger partial charge in [0, 0.05) is 36.1 Å². The second-order valence-electron chi connectivity index (χ2n) is 4.08. The predicted molar refractivity (Wildman–Crippen MR) is 82.3 cm³/mol. The van der Waals surface area contributed by atoms with Gasteiger partial charge >= 0.3 is 0 Å². The Balaban J connectivity index is 2.31. The van der Waals surface area contributed by atoms with Gasteiger partial charge in [0.15, 0.2) is 6.29 Å². The van der Waals surface area contributed by atoms with Gasteiger partial charge in [-0.2, -0.15) is 10.5 Å². The molecule has 0 saturated carbocycles. The van der Waals surface area contributed by atoms with Gasteiger partial charge in [0.25, 0.3) is 0 Å². The van der Waals surface area contributed by atoms with Gasteiger partial charge in [-0.15, -0.1) is 10.2 Å². The number of nitrogens with one attached hydrogen (secondary N) is 2. The zero-order valence-corrected chi connectivity index (χ0v) is 13.5. The van der Waals surface area contributed by atoms with Crippen LogP contribution in [0.5, 0.6) is 0 Å². The Morgan fingerprint density at radius 1 is 1.45 bits per heavy atom. The minimum absolute atomic E-state index is 0.212. The molecule has 2 N–H and O–H groups in total. The number of tetrazole rings is 1. The summed E-state index contributed by atoms with van der Waals surface area (Å²) < 4.78 is 11.4. The molecule has 0 aliphatic heterocycles. The number of aromatic nitrogens is 4. The van der Waals surface area contributed by atoms with Crippen molar-refractivity contribution in [3.8, 4) is 6.07 Å². The third-order valence-electron chi connectivity index (χ3n) is 2.77. The van der Waals surface area contributed by atoms with E-state index in [9.17, 15) is 0 Å². The number of nitrogens with zero attached hydrogens (tertiary/aromatic N) is 4. The third kappa shape index (κ3) is 3.67. The van der Waals surface area contributed by atoms with Gasteiger partial charge in [0.1, 0.15) is 11.6 Å². The third-order valence-corrected chi connectivity index (χ3v) is 3.27. The fraction of sp³-hybridized carbons (Fsp3) is 0.231. The maximum atomic E-state index is 9.15. The monoisotopic (exact) mass is 364 g/mol. The summed E-state index contributed by atoms with van der Waals surface area (Å²) in [6, 6.07) is 7.58. The molecule has 0 unspecified atom stereocenters. The van der Waals surface area contributed by atoms with E-state index in [2.05, 4.69) is 41.9 Å². The van der Waals surface area contributed by atoms with Crippen molar-refractivity contribution in [1.29, 1.82) is 5.26 Å². The number of methoxy groups -OCH3 is 2. The first kappa shape index (κ1) is 16.1. The lowest BCUT2D eigenvalue weighted by Gasteiger charge is -2.18. The lowest BCUT2D eigenvalue weighted by molar-refractivity contribution is -0.105. The van der Waals surface area contributed by atoms with Gasteiger partial charge < -0.3 is 14.8 Å². The molecule has 8 nitrogen and oxygen atoms in total. The van der Waals surface area contributed by atoms with Crippen molar-refractivity contribution in [2.45, 2.75) is 6.29 Å². The van der Waals surface area contributed by atoms with Crippen molar-refractivity contribution in [3.63, 3.8) is 0 Å². The van der Waals surface area contributed by atoms with Crippen LogP contribution in [-0.4, -0.2) is 34.8 Å². The minimum atomic E-state index is -0.538. The smallest absolute Gasteiger partial charge is 0.216 e. The average molecular weight is 365 g/mol. The molecule has 0 bridgehead atoms. The number of nitriles is 1. The van der Waals surface area contributed by atoms with Gasteiger partial charge in [0.05, 0.1) is 0 Å².